The van der Waals surface area contributed by atoms with Gasteiger partial charge in [0.05, 0.1) is 10.6 Å². The number of thiazole rings is 1. The molecular weight excluding hydrogens is 399 g/mol. The number of rotatable bonds is 5. The number of aryl methyl sites for hydroxylation is 1. The molecule has 0 aliphatic heterocycles. The zero-order valence-corrected chi connectivity index (χ0v) is 16.9. The molecule has 1 aromatic carbocycles. The van der Waals surface area contributed by atoms with Gasteiger partial charge in [0.25, 0.3) is 0 Å². The topological polar surface area (TPSA) is 68.0 Å². The molecule has 4 heterocycles. The molecule has 30 heavy (non-hydrogen) atoms. The molecule has 0 spiro atoms. The number of fused-ring (bicyclic) bond motifs is 1. The highest BCUT2D eigenvalue weighted by atomic mass is 32.1. The van der Waals surface area contributed by atoms with Gasteiger partial charge >= 0.3 is 0 Å². The minimum Gasteiger partial charge on any atom is -0.357 e. The first kappa shape index (κ1) is 18.4. The molecular formula is C22H17FN6S. The normalized spacial score (nSPS) is 11.1. The molecule has 0 aliphatic carbocycles. The molecule has 0 amide bonds. The van der Waals surface area contributed by atoms with Crippen LogP contribution in [0.3, 0.4) is 0 Å². The van der Waals surface area contributed by atoms with Crippen LogP contribution in [0.25, 0.3) is 27.5 Å². The van der Waals surface area contributed by atoms with Crippen molar-refractivity contribution in [3.63, 3.8) is 0 Å². The molecule has 0 fully saturated rings. The Hall–Kier alpha value is -3.65. The molecule has 0 saturated carbocycles. The molecule has 0 radical (unpaired) electrons. The first-order valence-corrected chi connectivity index (χ1v) is 10.2. The Morgan fingerprint density at radius 1 is 1.03 bits per heavy atom. The van der Waals surface area contributed by atoms with Gasteiger partial charge in [-0.05, 0) is 48.9 Å². The first-order chi connectivity index (χ1) is 14.7. The van der Waals surface area contributed by atoms with E-state index in [1.807, 2.05) is 43.5 Å². The van der Waals surface area contributed by atoms with Gasteiger partial charge < -0.3 is 5.32 Å². The molecule has 6 nitrogen and oxygen atoms in total. The fourth-order valence-electron chi connectivity index (χ4n) is 3.17. The van der Waals surface area contributed by atoms with E-state index in [0.717, 1.165) is 43.9 Å². The van der Waals surface area contributed by atoms with Crippen molar-refractivity contribution in [2.45, 2.75) is 13.5 Å². The standard InChI is InChI=1S/C22H17FN6S/c1-14-3-2-4-18(27-14)20-21(16-7-10-19-25-13-26-29(19)12-16)30-22(28-20)24-11-15-5-8-17(23)9-6-15/h2-10,12-13H,11H2,1H3,(H,24,28). The lowest BCUT2D eigenvalue weighted by molar-refractivity contribution is 0.627. The van der Waals surface area contributed by atoms with E-state index in [-0.39, 0.29) is 5.82 Å². The summed E-state index contributed by atoms with van der Waals surface area (Å²) in [5, 5.41) is 8.36. The zero-order valence-electron chi connectivity index (χ0n) is 16.1. The summed E-state index contributed by atoms with van der Waals surface area (Å²) in [7, 11) is 0. The van der Waals surface area contributed by atoms with Gasteiger partial charge in [0.1, 0.15) is 17.8 Å². The summed E-state index contributed by atoms with van der Waals surface area (Å²) in [4.78, 5) is 14.7. The lowest BCUT2D eigenvalue weighted by atomic mass is 10.1. The molecule has 8 heteroatoms. The molecule has 0 atom stereocenters. The minimum atomic E-state index is -0.244. The molecule has 0 aliphatic rings. The summed E-state index contributed by atoms with van der Waals surface area (Å²) in [6, 6.07) is 16.3. The smallest absolute Gasteiger partial charge is 0.184 e. The monoisotopic (exact) mass is 416 g/mol. The predicted molar refractivity (Wildman–Crippen MR) is 116 cm³/mol. The van der Waals surface area contributed by atoms with Crippen LogP contribution in [-0.2, 0) is 6.54 Å². The van der Waals surface area contributed by atoms with Gasteiger partial charge in [-0.25, -0.2) is 18.9 Å². The average molecular weight is 416 g/mol. The Bertz CT molecular complexity index is 1330. The Kier molecular flexibility index (Phi) is 4.68. The highest BCUT2D eigenvalue weighted by molar-refractivity contribution is 7.19. The van der Waals surface area contributed by atoms with Crippen molar-refractivity contribution in [1.29, 1.82) is 0 Å². The van der Waals surface area contributed by atoms with Crippen molar-refractivity contribution < 1.29 is 4.39 Å². The van der Waals surface area contributed by atoms with Gasteiger partial charge in [-0.15, -0.1) is 0 Å². The molecule has 0 unspecified atom stereocenters. The molecule has 5 rings (SSSR count). The summed E-state index contributed by atoms with van der Waals surface area (Å²) < 4.78 is 14.9. The van der Waals surface area contributed by atoms with Gasteiger partial charge in [-0.1, -0.05) is 29.5 Å². The number of hydrogen-bond donors (Lipinski definition) is 1. The van der Waals surface area contributed by atoms with Crippen LogP contribution in [0.5, 0.6) is 0 Å². The van der Waals surface area contributed by atoms with Crippen LogP contribution in [0.1, 0.15) is 11.3 Å². The predicted octanol–water partition coefficient (Wildman–Crippen LogP) is 4.97. The third-order valence-corrected chi connectivity index (χ3v) is 5.71. The van der Waals surface area contributed by atoms with Crippen molar-refractivity contribution in [2.24, 2.45) is 0 Å². The van der Waals surface area contributed by atoms with Crippen LogP contribution in [0.4, 0.5) is 9.52 Å². The number of nitrogens with one attached hydrogen (secondary N) is 1. The maximum atomic E-state index is 13.2. The minimum absolute atomic E-state index is 0.244. The van der Waals surface area contributed by atoms with Gasteiger partial charge in [0.15, 0.2) is 10.8 Å². The second kappa shape index (κ2) is 7.64. The van der Waals surface area contributed by atoms with Crippen LogP contribution in [0, 0.1) is 12.7 Å². The van der Waals surface area contributed by atoms with Gasteiger partial charge in [0.2, 0.25) is 0 Å². The number of hydrogen-bond acceptors (Lipinski definition) is 6. The fraction of sp³-hybridized carbons (Fsp3) is 0.0909. The number of aromatic nitrogens is 5. The Balaban J connectivity index is 1.54. The summed E-state index contributed by atoms with van der Waals surface area (Å²) >= 11 is 1.55. The SMILES string of the molecule is Cc1cccc(-c2nc(NCc3ccc(F)cc3)sc2-c2ccc3ncnn3c2)n1. The lowest BCUT2D eigenvalue weighted by Crippen LogP contribution is -1.99. The van der Waals surface area contributed by atoms with Gasteiger partial charge in [-0.2, -0.15) is 5.10 Å². The Labute approximate surface area is 176 Å². The van der Waals surface area contributed by atoms with Crippen molar-refractivity contribution in [1.82, 2.24) is 24.6 Å². The summed E-state index contributed by atoms with van der Waals surface area (Å²) in [6.07, 6.45) is 3.48. The van der Waals surface area contributed by atoms with Crippen molar-refractivity contribution in [2.75, 3.05) is 5.32 Å². The molecule has 1 N–H and O–H groups in total. The summed E-state index contributed by atoms with van der Waals surface area (Å²) in [5.74, 6) is -0.244. The van der Waals surface area contributed by atoms with E-state index >= 15 is 0 Å². The largest absolute Gasteiger partial charge is 0.357 e. The van der Waals surface area contributed by atoms with E-state index in [1.165, 1.54) is 18.5 Å². The highest BCUT2D eigenvalue weighted by Crippen LogP contribution is 2.38. The number of pyridine rings is 2. The van der Waals surface area contributed by atoms with Gasteiger partial charge in [0, 0.05) is 24.0 Å². The molecule has 0 bridgehead atoms. The maximum absolute atomic E-state index is 13.2. The van der Waals surface area contributed by atoms with E-state index < -0.39 is 0 Å². The van der Waals surface area contributed by atoms with E-state index in [1.54, 1.807) is 28.0 Å². The maximum Gasteiger partial charge on any atom is 0.184 e. The molecule has 0 saturated heterocycles. The van der Waals surface area contributed by atoms with E-state index in [4.69, 9.17) is 4.98 Å². The lowest BCUT2D eigenvalue weighted by Gasteiger charge is -2.03. The number of halogens is 1. The van der Waals surface area contributed by atoms with Crippen molar-refractivity contribution in [3.05, 3.63) is 84.2 Å². The third kappa shape index (κ3) is 3.65. The van der Waals surface area contributed by atoms with Crippen LogP contribution >= 0.6 is 11.3 Å². The summed E-state index contributed by atoms with van der Waals surface area (Å²) in [6.45, 7) is 2.51. The van der Waals surface area contributed by atoms with Gasteiger partial charge in [-0.3, -0.25) is 4.98 Å². The van der Waals surface area contributed by atoms with E-state index in [2.05, 4.69) is 20.4 Å². The zero-order chi connectivity index (χ0) is 20.5. The summed E-state index contributed by atoms with van der Waals surface area (Å²) in [5.41, 5.74) is 5.30. The van der Waals surface area contributed by atoms with E-state index in [0.29, 0.717) is 6.54 Å². The van der Waals surface area contributed by atoms with E-state index in [9.17, 15) is 4.39 Å². The van der Waals surface area contributed by atoms with Crippen LogP contribution < -0.4 is 5.32 Å². The number of anilines is 1. The van der Waals surface area contributed by atoms with Crippen LogP contribution in [-0.4, -0.2) is 24.6 Å². The second-order valence-corrected chi connectivity index (χ2v) is 7.82. The number of nitrogens with zero attached hydrogens (tertiary/aromatic N) is 5. The second-order valence-electron chi connectivity index (χ2n) is 6.82. The quantitative estimate of drug-likeness (QED) is 0.438. The first-order valence-electron chi connectivity index (χ1n) is 9.39. The Morgan fingerprint density at radius 3 is 2.73 bits per heavy atom. The Morgan fingerprint density at radius 2 is 1.90 bits per heavy atom. The van der Waals surface area contributed by atoms with Crippen LogP contribution in [0.15, 0.2) is 67.1 Å². The molecule has 4 aromatic heterocycles. The average Bonchev–Trinajstić information content (AvgIpc) is 3.40. The number of benzene rings is 1. The fourth-order valence-corrected chi connectivity index (χ4v) is 4.13. The van der Waals surface area contributed by atoms with Crippen LogP contribution in [0.2, 0.25) is 0 Å². The highest BCUT2D eigenvalue weighted by Gasteiger charge is 2.17. The van der Waals surface area contributed by atoms with Crippen molar-refractivity contribution >= 4 is 22.1 Å². The molecule has 148 valence electrons. The van der Waals surface area contributed by atoms with Crippen molar-refractivity contribution in [3.8, 4) is 21.8 Å². The molecule has 5 aromatic rings. The third-order valence-electron chi connectivity index (χ3n) is 4.65.